The quantitative estimate of drug-likeness (QED) is 0.870. The molecule has 0 bridgehead atoms. The van der Waals surface area contributed by atoms with E-state index in [-0.39, 0.29) is 11.9 Å². The molecule has 1 amide bonds. The van der Waals surface area contributed by atoms with Crippen LogP contribution in [0.15, 0.2) is 54.6 Å². The molecule has 2 N–H and O–H groups in total. The lowest BCUT2D eigenvalue weighted by Gasteiger charge is -2.21. The van der Waals surface area contributed by atoms with Gasteiger partial charge in [-0.2, -0.15) is 0 Å². The molecule has 0 heterocycles. The zero-order valence-electron chi connectivity index (χ0n) is 12.3. The molecule has 0 saturated heterocycles. The van der Waals surface area contributed by atoms with Crippen LogP contribution in [0.4, 0.5) is 0 Å². The molecule has 2 rings (SSSR count). The second-order valence-corrected chi connectivity index (χ2v) is 5.79. The maximum Gasteiger partial charge on any atom is 0.251 e. The normalized spacial score (nSPS) is 12.2. The van der Waals surface area contributed by atoms with Crippen LogP contribution in [0.1, 0.15) is 22.0 Å². The number of likely N-dealkylation sites (N-methyl/N-ethyl adjacent to an activating group) is 1. The lowest BCUT2D eigenvalue weighted by Crippen LogP contribution is -3.06. The number of quaternary nitrogens is 1. The lowest BCUT2D eigenvalue weighted by molar-refractivity contribution is -0.860. The van der Waals surface area contributed by atoms with Gasteiger partial charge >= 0.3 is 0 Å². The van der Waals surface area contributed by atoms with E-state index in [1.54, 1.807) is 24.3 Å². The van der Waals surface area contributed by atoms with Gasteiger partial charge in [-0.3, -0.25) is 4.79 Å². The molecule has 0 saturated carbocycles. The van der Waals surface area contributed by atoms with E-state index in [2.05, 4.69) is 19.4 Å². The molecule has 110 valence electrons. The third kappa shape index (κ3) is 4.59. The number of benzene rings is 2. The summed E-state index contributed by atoms with van der Waals surface area (Å²) in [6, 6.07) is 16.9. The standard InChI is InChI=1S/C17H19ClN2O/c1-20(2)12-16(13-6-4-3-5-7-13)19-17(21)14-8-10-15(18)11-9-14/h3-11,16H,12H2,1-2H3,(H,19,21)/p+1/t16-/m0/s1. The summed E-state index contributed by atoms with van der Waals surface area (Å²) in [4.78, 5) is 13.6. The van der Waals surface area contributed by atoms with Crippen molar-refractivity contribution in [3.63, 3.8) is 0 Å². The van der Waals surface area contributed by atoms with E-state index in [1.807, 2.05) is 30.3 Å². The molecule has 0 radical (unpaired) electrons. The SMILES string of the molecule is C[NH+](C)C[C@H](NC(=O)c1ccc(Cl)cc1)c1ccccc1. The van der Waals surface area contributed by atoms with Gasteiger partial charge in [0.05, 0.1) is 14.1 Å². The van der Waals surface area contributed by atoms with Gasteiger partial charge in [0.1, 0.15) is 12.6 Å². The Morgan fingerprint density at radius 3 is 2.29 bits per heavy atom. The van der Waals surface area contributed by atoms with Crippen molar-refractivity contribution in [2.24, 2.45) is 0 Å². The number of halogens is 1. The highest BCUT2D eigenvalue weighted by atomic mass is 35.5. The van der Waals surface area contributed by atoms with Crippen LogP contribution >= 0.6 is 11.6 Å². The van der Waals surface area contributed by atoms with Crippen molar-refractivity contribution in [1.82, 2.24) is 5.32 Å². The Morgan fingerprint density at radius 2 is 1.71 bits per heavy atom. The molecule has 0 spiro atoms. The number of carbonyl (C=O) groups is 1. The summed E-state index contributed by atoms with van der Waals surface area (Å²) in [6.45, 7) is 0.823. The lowest BCUT2D eigenvalue weighted by atomic mass is 10.1. The predicted molar refractivity (Wildman–Crippen MR) is 85.8 cm³/mol. The van der Waals surface area contributed by atoms with Crippen LogP contribution in [0.25, 0.3) is 0 Å². The Bertz CT molecular complexity index is 581. The summed E-state index contributed by atoms with van der Waals surface area (Å²) in [5.74, 6) is -0.0817. The summed E-state index contributed by atoms with van der Waals surface area (Å²) >= 11 is 5.85. The highest BCUT2D eigenvalue weighted by Gasteiger charge is 2.18. The molecule has 2 aromatic rings. The molecular formula is C17H20ClN2O+. The maximum absolute atomic E-state index is 12.4. The molecule has 0 aliphatic carbocycles. The number of amides is 1. The third-order valence-electron chi connectivity index (χ3n) is 3.23. The topological polar surface area (TPSA) is 33.5 Å². The zero-order valence-corrected chi connectivity index (χ0v) is 13.0. The van der Waals surface area contributed by atoms with Gasteiger partial charge in [0, 0.05) is 10.6 Å². The Morgan fingerprint density at radius 1 is 1.10 bits per heavy atom. The highest BCUT2D eigenvalue weighted by molar-refractivity contribution is 6.30. The van der Waals surface area contributed by atoms with E-state index in [1.165, 1.54) is 4.90 Å². The second-order valence-electron chi connectivity index (χ2n) is 5.35. The first-order valence-electron chi connectivity index (χ1n) is 6.96. The zero-order chi connectivity index (χ0) is 15.2. The Balaban J connectivity index is 2.15. The van der Waals surface area contributed by atoms with Gasteiger partial charge in [0.15, 0.2) is 0 Å². The Hall–Kier alpha value is -1.84. The molecule has 3 nitrogen and oxygen atoms in total. The molecule has 4 heteroatoms. The van der Waals surface area contributed by atoms with Crippen LogP contribution in [0, 0.1) is 0 Å². The van der Waals surface area contributed by atoms with Gasteiger partial charge in [-0.15, -0.1) is 0 Å². The largest absolute Gasteiger partial charge is 0.340 e. The van der Waals surface area contributed by atoms with Gasteiger partial charge < -0.3 is 10.2 Å². The third-order valence-corrected chi connectivity index (χ3v) is 3.48. The smallest absolute Gasteiger partial charge is 0.251 e. The second kappa shape index (κ2) is 7.25. The van der Waals surface area contributed by atoms with E-state index >= 15 is 0 Å². The summed E-state index contributed by atoms with van der Waals surface area (Å²) in [7, 11) is 4.15. The Kier molecular flexibility index (Phi) is 5.37. The maximum atomic E-state index is 12.4. The van der Waals surface area contributed by atoms with Gasteiger partial charge in [0.25, 0.3) is 5.91 Å². The molecular weight excluding hydrogens is 284 g/mol. The summed E-state index contributed by atoms with van der Waals surface area (Å²) in [5.41, 5.74) is 1.73. The van der Waals surface area contributed by atoms with Crippen molar-refractivity contribution in [1.29, 1.82) is 0 Å². The van der Waals surface area contributed by atoms with Gasteiger partial charge in [-0.1, -0.05) is 41.9 Å². The van der Waals surface area contributed by atoms with E-state index in [0.29, 0.717) is 10.6 Å². The highest BCUT2D eigenvalue weighted by Crippen LogP contribution is 2.13. The van der Waals surface area contributed by atoms with Crippen LogP contribution in [0.5, 0.6) is 0 Å². The molecule has 0 aliphatic heterocycles. The first-order valence-corrected chi connectivity index (χ1v) is 7.34. The number of carbonyl (C=O) groups excluding carboxylic acids is 1. The summed E-state index contributed by atoms with van der Waals surface area (Å²) in [6.07, 6.45) is 0. The molecule has 0 aliphatic rings. The van der Waals surface area contributed by atoms with Crippen molar-refractivity contribution >= 4 is 17.5 Å². The first-order chi connectivity index (χ1) is 10.1. The van der Waals surface area contributed by atoms with Crippen LogP contribution in [0.3, 0.4) is 0 Å². The number of rotatable bonds is 5. The fourth-order valence-corrected chi connectivity index (χ4v) is 2.31. The molecule has 2 aromatic carbocycles. The molecule has 0 unspecified atom stereocenters. The number of hydrogen-bond donors (Lipinski definition) is 2. The number of hydrogen-bond acceptors (Lipinski definition) is 1. The summed E-state index contributed by atoms with van der Waals surface area (Å²) in [5, 5.41) is 3.73. The fourth-order valence-electron chi connectivity index (χ4n) is 2.19. The van der Waals surface area contributed by atoms with Crippen LogP contribution < -0.4 is 10.2 Å². The van der Waals surface area contributed by atoms with Gasteiger partial charge in [-0.05, 0) is 29.8 Å². The minimum atomic E-state index is -0.0817. The van der Waals surface area contributed by atoms with Crippen molar-refractivity contribution in [3.05, 3.63) is 70.7 Å². The average Bonchev–Trinajstić information content (AvgIpc) is 2.47. The van der Waals surface area contributed by atoms with Crippen molar-refractivity contribution in [3.8, 4) is 0 Å². The predicted octanol–water partition coefficient (Wildman–Crippen LogP) is 1.96. The van der Waals surface area contributed by atoms with E-state index in [9.17, 15) is 4.79 Å². The minimum Gasteiger partial charge on any atom is -0.340 e. The van der Waals surface area contributed by atoms with E-state index in [0.717, 1.165) is 12.1 Å². The Labute approximate surface area is 130 Å². The summed E-state index contributed by atoms with van der Waals surface area (Å²) < 4.78 is 0. The van der Waals surface area contributed by atoms with Crippen molar-refractivity contribution in [2.75, 3.05) is 20.6 Å². The molecule has 21 heavy (non-hydrogen) atoms. The first kappa shape index (κ1) is 15.5. The van der Waals surface area contributed by atoms with Gasteiger partial charge in [0.2, 0.25) is 0 Å². The van der Waals surface area contributed by atoms with E-state index in [4.69, 9.17) is 11.6 Å². The number of nitrogens with one attached hydrogen (secondary N) is 2. The fraction of sp³-hybridized carbons (Fsp3) is 0.235. The van der Waals surface area contributed by atoms with Gasteiger partial charge in [-0.25, -0.2) is 0 Å². The van der Waals surface area contributed by atoms with Crippen LogP contribution in [0.2, 0.25) is 5.02 Å². The van der Waals surface area contributed by atoms with E-state index < -0.39 is 0 Å². The van der Waals surface area contributed by atoms with Crippen LogP contribution in [-0.2, 0) is 0 Å². The minimum absolute atomic E-state index is 0.0145. The van der Waals surface area contributed by atoms with Crippen molar-refractivity contribution < 1.29 is 9.69 Å². The monoisotopic (exact) mass is 303 g/mol. The molecule has 0 aromatic heterocycles. The molecule has 1 atom stereocenters. The molecule has 0 fully saturated rings. The van der Waals surface area contributed by atoms with Crippen molar-refractivity contribution in [2.45, 2.75) is 6.04 Å². The van der Waals surface area contributed by atoms with Crippen LogP contribution in [-0.4, -0.2) is 26.5 Å². The average molecular weight is 304 g/mol.